The minimum atomic E-state index is -0.219. The Morgan fingerprint density at radius 3 is 2.68 bits per heavy atom. The first-order valence-electron chi connectivity index (χ1n) is 13.6. The van der Waals surface area contributed by atoms with Gasteiger partial charge in [-0.25, -0.2) is 14.8 Å². The smallest absolute Gasteiger partial charge is 0.409 e. The third-order valence-corrected chi connectivity index (χ3v) is 8.98. The number of carbonyl (C=O) groups excluding carboxylic acids is 1. The predicted octanol–water partition coefficient (Wildman–Crippen LogP) is 3.25. The van der Waals surface area contributed by atoms with Crippen LogP contribution < -0.4 is 5.32 Å². The second-order valence-electron chi connectivity index (χ2n) is 10.6. The molecule has 6 rings (SSSR count). The molecule has 38 heavy (non-hydrogen) atoms. The number of ether oxygens (including phenoxy) is 2. The minimum absolute atomic E-state index is 0.219. The third kappa shape index (κ3) is 5.34. The van der Waals surface area contributed by atoms with E-state index < -0.39 is 0 Å². The van der Waals surface area contributed by atoms with Crippen molar-refractivity contribution in [3.8, 4) is 0 Å². The zero-order valence-corrected chi connectivity index (χ0v) is 23.0. The summed E-state index contributed by atoms with van der Waals surface area (Å²) in [6, 6.07) is 1.26. The van der Waals surface area contributed by atoms with Crippen LogP contribution in [0.3, 0.4) is 0 Å². The van der Waals surface area contributed by atoms with Gasteiger partial charge in [-0.3, -0.25) is 9.58 Å². The molecule has 0 radical (unpaired) electrons. The molecular weight excluding hydrogens is 504 g/mol. The fourth-order valence-electron chi connectivity index (χ4n) is 5.98. The van der Waals surface area contributed by atoms with E-state index in [0.717, 1.165) is 105 Å². The maximum atomic E-state index is 11.8. The molecule has 1 saturated carbocycles. The molecule has 0 spiro atoms. The average molecular weight is 541 g/mol. The van der Waals surface area contributed by atoms with Crippen LogP contribution in [-0.2, 0) is 15.9 Å². The predicted molar refractivity (Wildman–Crippen MR) is 145 cm³/mol. The van der Waals surface area contributed by atoms with Gasteiger partial charge in [0.1, 0.15) is 16.5 Å². The van der Waals surface area contributed by atoms with Crippen LogP contribution in [0.15, 0.2) is 12.4 Å². The van der Waals surface area contributed by atoms with E-state index in [1.807, 2.05) is 17.8 Å². The maximum Gasteiger partial charge on any atom is 0.409 e. The van der Waals surface area contributed by atoms with Crippen molar-refractivity contribution in [3.63, 3.8) is 0 Å². The molecule has 3 aliphatic rings. The van der Waals surface area contributed by atoms with E-state index in [0.29, 0.717) is 24.5 Å². The first-order chi connectivity index (χ1) is 18.6. The Hall–Kier alpha value is -2.83. The number of aryl methyl sites for hydroxylation is 1. The average Bonchev–Trinajstić information content (AvgIpc) is 3.71. The van der Waals surface area contributed by atoms with Crippen LogP contribution in [0.5, 0.6) is 0 Å². The number of aromatic nitrogens is 5. The van der Waals surface area contributed by atoms with Crippen molar-refractivity contribution < 1.29 is 14.3 Å². The van der Waals surface area contributed by atoms with Gasteiger partial charge >= 0.3 is 6.09 Å². The summed E-state index contributed by atoms with van der Waals surface area (Å²) in [4.78, 5) is 26.9. The summed E-state index contributed by atoms with van der Waals surface area (Å²) in [5.41, 5.74) is 2.08. The lowest BCUT2D eigenvalue weighted by atomic mass is 9.89. The summed E-state index contributed by atoms with van der Waals surface area (Å²) in [5.74, 6) is 1.70. The Morgan fingerprint density at radius 2 is 1.95 bits per heavy atom. The SMILES string of the molecule is COC(=O)N1CCN(C2CCC(Nc3nc(Cc4cnn([C@@H]5CCOC5)c4)nc4snc(C)c34)CC2)CC1. The van der Waals surface area contributed by atoms with Crippen LogP contribution in [0.4, 0.5) is 10.6 Å². The molecule has 0 unspecified atom stereocenters. The molecule has 0 bridgehead atoms. The third-order valence-electron chi connectivity index (χ3n) is 8.15. The molecule has 5 heterocycles. The quantitative estimate of drug-likeness (QED) is 0.504. The molecule has 2 aliphatic heterocycles. The molecule has 1 aliphatic carbocycles. The Balaban J connectivity index is 1.10. The van der Waals surface area contributed by atoms with Gasteiger partial charge in [-0.15, -0.1) is 0 Å². The lowest BCUT2D eigenvalue weighted by Gasteiger charge is -2.41. The zero-order chi connectivity index (χ0) is 26.1. The first kappa shape index (κ1) is 25.4. The normalized spacial score (nSPS) is 24.7. The highest BCUT2D eigenvalue weighted by Gasteiger charge is 2.30. The van der Waals surface area contributed by atoms with E-state index in [9.17, 15) is 4.79 Å². The molecular formula is C26H36N8O3S. The van der Waals surface area contributed by atoms with Crippen LogP contribution in [0.2, 0.25) is 0 Å². The number of nitrogens with one attached hydrogen (secondary N) is 1. The standard InChI is InChI=1S/C26H36N8O3S/c1-17-23-24(28-19-3-5-20(6-4-19)32-8-10-33(11-9-32)26(35)36-2)29-22(30-25(23)38-31-17)13-18-14-27-34(15-18)21-7-12-37-16-21/h14-15,19-21H,3-13,16H2,1-2H3,(H,28,29,30)/t19?,20?,21-/m1/s1. The Kier molecular flexibility index (Phi) is 7.44. The highest BCUT2D eigenvalue weighted by molar-refractivity contribution is 7.13. The van der Waals surface area contributed by atoms with Gasteiger partial charge in [0.15, 0.2) is 0 Å². The Bertz CT molecular complexity index is 1260. The van der Waals surface area contributed by atoms with Crippen molar-refractivity contribution in [3.05, 3.63) is 29.5 Å². The summed E-state index contributed by atoms with van der Waals surface area (Å²) in [7, 11) is 1.45. The lowest BCUT2D eigenvalue weighted by Crippen LogP contribution is -2.53. The number of rotatable bonds is 6. The number of methoxy groups -OCH3 is 1. The number of fused-ring (bicyclic) bond motifs is 1. The maximum absolute atomic E-state index is 11.8. The van der Waals surface area contributed by atoms with Gasteiger partial charge in [-0.1, -0.05) is 0 Å². The topological polar surface area (TPSA) is 111 Å². The lowest BCUT2D eigenvalue weighted by molar-refractivity contribution is 0.0642. The monoisotopic (exact) mass is 540 g/mol. The highest BCUT2D eigenvalue weighted by atomic mass is 32.1. The fraction of sp³-hybridized carbons (Fsp3) is 0.654. The van der Waals surface area contributed by atoms with Crippen LogP contribution in [0.25, 0.3) is 10.2 Å². The number of piperazine rings is 1. The number of hydrogen-bond donors (Lipinski definition) is 1. The van der Waals surface area contributed by atoms with Gasteiger partial charge < -0.3 is 19.7 Å². The van der Waals surface area contributed by atoms with Gasteiger partial charge in [0.2, 0.25) is 0 Å². The van der Waals surface area contributed by atoms with Gasteiger partial charge in [0.25, 0.3) is 0 Å². The Morgan fingerprint density at radius 1 is 1.13 bits per heavy atom. The van der Waals surface area contributed by atoms with Crippen molar-refractivity contribution in [1.82, 2.24) is 33.9 Å². The summed E-state index contributed by atoms with van der Waals surface area (Å²) in [6.45, 7) is 6.87. The van der Waals surface area contributed by atoms with E-state index in [1.54, 1.807) is 4.90 Å². The van der Waals surface area contributed by atoms with Crippen LogP contribution in [0.1, 0.15) is 55.2 Å². The summed E-state index contributed by atoms with van der Waals surface area (Å²) >= 11 is 1.44. The highest BCUT2D eigenvalue weighted by Crippen LogP contribution is 2.31. The summed E-state index contributed by atoms with van der Waals surface area (Å²) in [6.07, 6.45) is 9.91. The van der Waals surface area contributed by atoms with Gasteiger partial charge in [-0.05, 0) is 56.1 Å². The minimum Gasteiger partial charge on any atom is -0.453 e. The summed E-state index contributed by atoms with van der Waals surface area (Å²) in [5, 5.41) is 9.38. The van der Waals surface area contributed by atoms with E-state index >= 15 is 0 Å². The van der Waals surface area contributed by atoms with Crippen LogP contribution >= 0.6 is 11.5 Å². The molecule has 1 N–H and O–H groups in total. The van der Waals surface area contributed by atoms with Crippen molar-refractivity contribution >= 4 is 33.7 Å². The molecule has 1 atom stereocenters. The number of anilines is 1. The van der Waals surface area contributed by atoms with E-state index in [2.05, 4.69) is 25.9 Å². The van der Waals surface area contributed by atoms with E-state index in [4.69, 9.17) is 19.4 Å². The first-order valence-corrected chi connectivity index (χ1v) is 14.4. The largest absolute Gasteiger partial charge is 0.453 e. The van der Waals surface area contributed by atoms with E-state index in [-0.39, 0.29) is 6.09 Å². The van der Waals surface area contributed by atoms with Gasteiger partial charge in [0.05, 0.1) is 37.0 Å². The van der Waals surface area contributed by atoms with Gasteiger partial charge in [-0.2, -0.15) is 9.47 Å². The van der Waals surface area contributed by atoms with Crippen molar-refractivity contribution in [1.29, 1.82) is 0 Å². The summed E-state index contributed by atoms with van der Waals surface area (Å²) < 4.78 is 17.0. The molecule has 3 aromatic heterocycles. The molecule has 2 saturated heterocycles. The molecule has 0 aromatic carbocycles. The fourth-order valence-corrected chi connectivity index (χ4v) is 6.77. The van der Waals surface area contributed by atoms with Crippen molar-refractivity contribution in [2.75, 3.05) is 51.8 Å². The second kappa shape index (κ2) is 11.1. The number of nitrogens with zero attached hydrogens (tertiary/aromatic N) is 7. The number of carbonyl (C=O) groups is 1. The number of hydrogen-bond acceptors (Lipinski definition) is 10. The second-order valence-corrected chi connectivity index (χ2v) is 11.4. The van der Waals surface area contributed by atoms with Crippen LogP contribution in [0, 0.1) is 6.92 Å². The van der Waals surface area contributed by atoms with Crippen LogP contribution in [-0.4, -0.2) is 98.6 Å². The molecule has 3 aromatic rings. The zero-order valence-electron chi connectivity index (χ0n) is 22.1. The molecule has 204 valence electrons. The molecule has 12 heteroatoms. The molecule has 3 fully saturated rings. The van der Waals surface area contributed by atoms with E-state index in [1.165, 1.54) is 18.6 Å². The molecule has 1 amide bonds. The Labute approximate surface area is 226 Å². The molecule has 11 nitrogen and oxygen atoms in total. The van der Waals surface area contributed by atoms with Crippen molar-refractivity contribution in [2.24, 2.45) is 0 Å². The number of amides is 1. The van der Waals surface area contributed by atoms with Gasteiger partial charge in [0, 0.05) is 57.5 Å². The van der Waals surface area contributed by atoms with Crippen molar-refractivity contribution in [2.45, 2.75) is 63.6 Å².